The van der Waals surface area contributed by atoms with E-state index in [2.05, 4.69) is 6.92 Å². The smallest absolute Gasteiger partial charge is 0.119 e. The van der Waals surface area contributed by atoms with Crippen molar-refractivity contribution in [3.63, 3.8) is 0 Å². The van der Waals surface area contributed by atoms with Crippen LogP contribution in [0.25, 0.3) is 0 Å². The van der Waals surface area contributed by atoms with Crippen molar-refractivity contribution in [1.29, 1.82) is 0 Å². The molecule has 0 unspecified atom stereocenters. The second kappa shape index (κ2) is 26.7. The number of benzene rings is 1. The largest absolute Gasteiger partial charge is 0.491 e. The average Bonchev–Trinajstić information content (AvgIpc) is 2.89. The van der Waals surface area contributed by atoms with Crippen molar-refractivity contribution >= 4 is 5.69 Å². The van der Waals surface area contributed by atoms with E-state index < -0.39 is 0 Å². The standard InChI is InChI=1S/C29H53NO6/c1-2-3-4-5-6-7-8-9-10-11-12-17-31-18-19-32-20-21-33-22-23-34-24-25-35-26-27-36-29-15-13-28(30)14-16-29/h13-16H,2-12,17-27,30H2,1H3. The lowest BCUT2D eigenvalue weighted by Gasteiger charge is -2.09. The molecule has 0 fully saturated rings. The lowest BCUT2D eigenvalue weighted by Crippen LogP contribution is -2.14. The molecule has 0 amide bonds. The fourth-order valence-electron chi connectivity index (χ4n) is 3.63. The van der Waals surface area contributed by atoms with E-state index in [0.29, 0.717) is 66.1 Å². The molecule has 0 bridgehead atoms. The van der Waals surface area contributed by atoms with Crippen molar-refractivity contribution in [3.8, 4) is 5.75 Å². The molecule has 2 N–H and O–H groups in total. The Kier molecular flexibility index (Phi) is 24.2. The molecule has 0 heterocycles. The molecule has 0 saturated carbocycles. The quantitative estimate of drug-likeness (QED) is 0.108. The van der Waals surface area contributed by atoms with Gasteiger partial charge in [0.2, 0.25) is 0 Å². The first-order valence-electron chi connectivity index (χ1n) is 14.2. The van der Waals surface area contributed by atoms with Crippen LogP contribution in [0.4, 0.5) is 5.69 Å². The van der Waals surface area contributed by atoms with E-state index >= 15 is 0 Å². The van der Waals surface area contributed by atoms with Crippen LogP contribution in [0.15, 0.2) is 24.3 Å². The molecule has 1 aromatic rings. The van der Waals surface area contributed by atoms with Crippen LogP contribution in [-0.2, 0) is 23.7 Å². The summed E-state index contributed by atoms with van der Waals surface area (Å²) in [6.45, 7) is 8.74. The fourth-order valence-corrected chi connectivity index (χ4v) is 3.63. The first kappa shape index (κ1) is 32.6. The molecule has 0 spiro atoms. The number of nitrogen functional groups attached to an aromatic ring is 1. The first-order chi connectivity index (χ1) is 17.8. The predicted molar refractivity (Wildman–Crippen MR) is 147 cm³/mol. The van der Waals surface area contributed by atoms with E-state index in [9.17, 15) is 0 Å². The van der Waals surface area contributed by atoms with Gasteiger partial charge >= 0.3 is 0 Å². The lowest BCUT2D eigenvalue weighted by molar-refractivity contribution is -0.0128. The number of hydrogen-bond acceptors (Lipinski definition) is 7. The third-order valence-electron chi connectivity index (χ3n) is 5.76. The summed E-state index contributed by atoms with van der Waals surface area (Å²) in [7, 11) is 0. The lowest BCUT2D eigenvalue weighted by atomic mass is 10.1. The molecule has 0 aliphatic heterocycles. The van der Waals surface area contributed by atoms with Crippen LogP contribution in [0.1, 0.15) is 77.6 Å². The number of nitrogens with two attached hydrogens (primary N) is 1. The van der Waals surface area contributed by atoms with Crippen LogP contribution in [0.5, 0.6) is 5.75 Å². The molecule has 0 saturated heterocycles. The zero-order valence-electron chi connectivity index (χ0n) is 22.9. The molecule has 210 valence electrons. The Morgan fingerprint density at radius 2 is 0.806 bits per heavy atom. The molecule has 1 aromatic carbocycles. The highest BCUT2D eigenvalue weighted by Crippen LogP contribution is 2.13. The van der Waals surface area contributed by atoms with Crippen LogP contribution >= 0.6 is 0 Å². The Morgan fingerprint density at radius 1 is 0.444 bits per heavy atom. The Morgan fingerprint density at radius 3 is 1.25 bits per heavy atom. The van der Waals surface area contributed by atoms with Crippen molar-refractivity contribution in [2.45, 2.75) is 77.6 Å². The Bertz CT molecular complexity index is 557. The van der Waals surface area contributed by atoms with Crippen molar-refractivity contribution in [3.05, 3.63) is 24.3 Å². The minimum absolute atomic E-state index is 0.497. The second-order valence-corrected chi connectivity index (χ2v) is 9.01. The molecule has 1 rings (SSSR count). The van der Waals surface area contributed by atoms with Crippen molar-refractivity contribution in [2.24, 2.45) is 0 Å². The summed E-state index contributed by atoms with van der Waals surface area (Å²) in [5.41, 5.74) is 6.36. The molecule has 0 aliphatic rings. The van der Waals surface area contributed by atoms with Crippen LogP contribution < -0.4 is 10.5 Å². The number of rotatable bonds is 28. The summed E-state index contributed by atoms with van der Waals surface area (Å²) >= 11 is 0. The van der Waals surface area contributed by atoms with Gasteiger partial charge in [0.25, 0.3) is 0 Å². The van der Waals surface area contributed by atoms with Gasteiger partial charge in [0.1, 0.15) is 12.4 Å². The van der Waals surface area contributed by atoms with Gasteiger partial charge < -0.3 is 34.2 Å². The minimum atomic E-state index is 0.497. The van der Waals surface area contributed by atoms with Gasteiger partial charge in [-0.1, -0.05) is 71.1 Å². The van der Waals surface area contributed by atoms with E-state index in [4.69, 9.17) is 34.2 Å². The number of hydrogen-bond donors (Lipinski definition) is 1. The average molecular weight is 512 g/mol. The Balaban J connectivity index is 1.65. The van der Waals surface area contributed by atoms with Gasteiger partial charge in [-0.25, -0.2) is 0 Å². The summed E-state index contributed by atoms with van der Waals surface area (Å²) in [5, 5.41) is 0. The Hall–Kier alpha value is -1.38. The first-order valence-corrected chi connectivity index (χ1v) is 14.2. The molecule has 0 aromatic heterocycles. The SMILES string of the molecule is CCCCCCCCCCCCCOCCOCCOCCOCCOCCOc1ccc(N)cc1. The zero-order chi connectivity index (χ0) is 25.8. The minimum Gasteiger partial charge on any atom is -0.491 e. The third-order valence-corrected chi connectivity index (χ3v) is 5.76. The van der Waals surface area contributed by atoms with Crippen molar-refractivity contribution < 1.29 is 28.4 Å². The molecular formula is C29H53NO6. The molecule has 0 radical (unpaired) electrons. The van der Waals surface area contributed by atoms with E-state index in [1.165, 1.54) is 64.2 Å². The van der Waals surface area contributed by atoms with Crippen LogP contribution in [0, 0.1) is 0 Å². The highest BCUT2D eigenvalue weighted by Gasteiger charge is 1.97. The number of unbranched alkanes of at least 4 members (excludes halogenated alkanes) is 10. The van der Waals surface area contributed by atoms with Gasteiger partial charge in [-0.3, -0.25) is 0 Å². The monoisotopic (exact) mass is 511 g/mol. The maximum Gasteiger partial charge on any atom is 0.119 e. The highest BCUT2D eigenvalue weighted by molar-refractivity contribution is 5.41. The molecule has 36 heavy (non-hydrogen) atoms. The topological polar surface area (TPSA) is 81.4 Å². The third kappa shape index (κ3) is 23.0. The van der Waals surface area contributed by atoms with Crippen LogP contribution in [-0.4, -0.2) is 72.7 Å². The van der Waals surface area contributed by atoms with Gasteiger partial charge in [-0.2, -0.15) is 0 Å². The van der Waals surface area contributed by atoms with Gasteiger partial charge in [0.05, 0.1) is 59.5 Å². The van der Waals surface area contributed by atoms with Gasteiger partial charge in [-0.05, 0) is 30.7 Å². The van der Waals surface area contributed by atoms with E-state index in [-0.39, 0.29) is 0 Å². The second-order valence-electron chi connectivity index (χ2n) is 9.01. The maximum absolute atomic E-state index is 5.64. The highest BCUT2D eigenvalue weighted by atomic mass is 16.6. The maximum atomic E-state index is 5.64. The number of ether oxygens (including phenoxy) is 6. The van der Waals surface area contributed by atoms with Gasteiger partial charge in [0, 0.05) is 12.3 Å². The van der Waals surface area contributed by atoms with E-state index in [1.54, 1.807) is 0 Å². The van der Waals surface area contributed by atoms with Crippen LogP contribution in [0.2, 0.25) is 0 Å². The summed E-state index contributed by atoms with van der Waals surface area (Å²) in [6.07, 6.45) is 14.9. The summed E-state index contributed by atoms with van der Waals surface area (Å²) < 4.78 is 33.2. The van der Waals surface area contributed by atoms with Crippen LogP contribution in [0.3, 0.4) is 0 Å². The van der Waals surface area contributed by atoms with E-state index in [0.717, 1.165) is 24.5 Å². The summed E-state index contributed by atoms with van der Waals surface area (Å²) in [6, 6.07) is 7.32. The van der Waals surface area contributed by atoms with Crippen molar-refractivity contribution in [2.75, 3.05) is 78.4 Å². The van der Waals surface area contributed by atoms with E-state index in [1.807, 2.05) is 24.3 Å². The normalized spacial score (nSPS) is 11.2. The Labute approximate surface area is 220 Å². The molecule has 7 nitrogen and oxygen atoms in total. The summed E-state index contributed by atoms with van der Waals surface area (Å²) in [5.74, 6) is 0.789. The van der Waals surface area contributed by atoms with Crippen molar-refractivity contribution in [1.82, 2.24) is 0 Å². The zero-order valence-corrected chi connectivity index (χ0v) is 22.9. The molecule has 0 aliphatic carbocycles. The summed E-state index contributed by atoms with van der Waals surface area (Å²) in [4.78, 5) is 0. The fraction of sp³-hybridized carbons (Fsp3) is 0.793. The molecule has 7 heteroatoms. The predicted octanol–water partition coefficient (Wildman–Crippen LogP) is 6.04. The van der Waals surface area contributed by atoms with Gasteiger partial charge in [-0.15, -0.1) is 0 Å². The number of anilines is 1. The molecular weight excluding hydrogens is 458 g/mol. The molecule has 0 atom stereocenters. The van der Waals surface area contributed by atoms with Gasteiger partial charge in [0.15, 0.2) is 0 Å².